The minimum Gasteiger partial charge on any atom is -0.276 e. The first-order valence-electron chi connectivity index (χ1n) is 7.99. The van der Waals surface area contributed by atoms with Gasteiger partial charge in [-0.25, -0.2) is 9.97 Å². The average molecular weight is 412 g/mol. The largest absolute Gasteiger partial charge is 0.345 e. The molecule has 3 rings (SSSR count). The number of hydrogen-bond acceptors (Lipinski definition) is 9. The van der Waals surface area contributed by atoms with E-state index in [2.05, 4.69) is 20.8 Å². The van der Waals surface area contributed by atoms with Gasteiger partial charge in [-0.3, -0.25) is 35.9 Å². The number of nitrogens with zero attached hydrogens (tertiary/aromatic N) is 4. The van der Waals surface area contributed by atoms with Crippen LogP contribution in [0.2, 0.25) is 0 Å². The molecule has 0 aliphatic carbocycles. The SMILES string of the molecule is O=C(NNc1ncnc(Sc2ccccc2)c1[N+](=O)[O-])c1ccc([N+](=O)[O-])cc1. The second-order valence-electron chi connectivity index (χ2n) is 5.43. The van der Waals surface area contributed by atoms with E-state index in [0.29, 0.717) is 0 Å². The first kappa shape index (κ1) is 19.7. The molecule has 0 unspecified atom stereocenters. The number of carbonyl (C=O) groups is 1. The molecule has 1 amide bonds. The van der Waals surface area contributed by atoms with Gasteiger partial charge in [0.1, 0.15) is 6.33 Å². The molecule has 2 N–H and O–H groups in total. The Labute approximate surface area is 167 Å². The number of rotatable bonds is 7. The maximum Gasteiger partial charge on any atom is 0.345 e. The number of aromatic nitrogens is 2. The molecule has 0 radical (unpaired) electrons. The van der Waals surface area contributed by atoms with E-state index in [1.165, 1.54) is 24.3 Å². The molecule has 2 aromatic carbocycles. The van der Waals surface area contributed by atoms with E-state index in [9.17, 15) is 25.0 Å². The summed E-state index contributed by atoms with van der Waals surface area (Å²) < 4.78 is 0. The summed E-state index contributed by atoms with van der Waals surface area (Å²) in [5.41, 5.74) is 4.27. The van der Waals surface area contributed by atoms with E-state index >= 15 is 0 Å². The van der Waals surface area contributed by atoms with Crippen molar-refractivity contribution in [2.24, 2.45) is 0 Å². The molecule has 11 nitrogen and oxygen atoms in total. The highest BCUT2D eigenvalue weighted by atomic mass is 32.2. The van der Waals surface area contributed by atoms with Crippen molar-refractivity contribution in [2.45, 2.75) is 9.92 Å². The van der Waals surface area contributed by atoms with Crippen molar-refractivity contribution < 1.29 is 14.6 Å². The van der Waals surface area contributed by atoms with Gasteiger partial charge >= 0.3 is 5.69 Å². The second-order valence-corrected chi connectivity index (χ2v) is 6.49. The number of amides is 1. The molecule has 12 heteroatoms. The number of benzene rings is 2. The number of non-ortho nitro benzene ring substituents is 1. The van der Waals surface area contributed by atoms with Crippen LogP contribution in [0.5, 0.6) is 0 Å². The molecular formula is C17H12N6O5S. The topological polar surface area (TPSA) is 153 Å². The highest BCUT2D eigenvalue weighted by molar-refractivity contribution is 7.99. The molecule has 0 aliphatic heterocycles. The fraction of sp³-hybridized carbons (Fsp3) is 0. The Morgan fingerprint density at radius 1 is 0.931 bits per heavy atom. The van der Waals surface area contributed by atoms with Crippen LogP contribution in [0, 0.1) is 20.2 Å². The van der Waals surface area contributed by atoms with Gasteiger partial charge in [-0.15, -0.1) is 0 Å². The van der Waals surface area contributed by atoms with Gasteiger partial charge in [0.05, 0.1) is 9.85 Å². The Bertz CT molecular complexity index is 1060. The van der Waals surface area contributed by atoms with Gasteiger partial charge in [0, 0.05) is 22.6 Å². The summed E-state index contributed by atoms with van der Waals surface area (Å²) in [6.45, 7) is 0. The quantitative estimate of drug-likeness (QED) is 0.338. The number of nitro benzene ring substituents is 1. The standard InChI is InChI=1S/C17H12N6O5S/c24-16(11-6-8-12(9-7-11)22(25)26)21-20-15-14(23(27)28)17(19-10-18-15)29-13-4-2-1-3-5-13/h1-10H,(H,21,24)(H,18,19,20). The molecule has 0 aliphatic rings. The van der Waals surface area contributed by atoms with Crippen molar-refractivity contribution in [1.29, 1.82) is 0 Å². The Kier molecular flexibility index (Phi) is 5.94. The summed E-state index contributed by atoms with van der Waals surface area (Å²) >= 11 is 1.08. The van der Waals surface area contributed by atoms with Gasteiger partial charge in [0.2, 0.25) is 5.82 Å². The van der Waals surface area contributed by atoms with E-state index in [1.54, 1.807) is 24.3 Å². The highest BCUT2D eigenvalue weighted by Crippen LogP contribution is 2.36. The number of nitrogens with one attached hydrogen (secondary N) is 2. The number of hydrogen-bond donors (Lipinski definition) is 2. The molecule has 0 spiro atoms. The molecule has 0 fully saturated rings. The lowest BCUT2D eigenvalue weighted by Crippen LogP contribution is -2.30. The van der Waals surface area contributed by atoms with Crippen LogP contribution in [0.15, 0.2) is 70.8 Å². The highest BCUT2D eigenvalue weighted by Gasteiger charge is 2.24. The summed E-state index contributed by atoms with van der Waals surface area (Å²) in [5, 5.41) is 22.3. The van der Waals surface area contributed by atoms with Gasteiger partial charge in [0.25, 0.3) is 11.6 Å². The predicted molar refractivity (Wildman–Crippen MR) is 103 cm³/mol. The zero-order chi connectivity index (χ0) is 20.8. The third kappa shape index (κ3) is 4.81. The second kappa shape index (κ2) is 8.75. The van der Waals surface area contributed by atoms with E-state index in [-0.39, 0.29) is 22.1 Å². The van der Waals surface area contributed by atoms with Crippen LogP contribution in [0.25, 0.3) is 0 Å². The molecule has 1 heterocycles. The van der Waals surface area contributed by atoms with Crippen LogP contribution < -0.4 is 10.9 Å². The number of hydrazine groups is 1. The lowest BCUT2D eigenvalue weighted by molar-refractivity contribution is -0.387. The number of anilines is 1. The molecule has 0 saturated carbocycles. The van der Waals surface area contributed by atoms with Crippen molar-refractivity contribution >= 4 is 34.9 Å². The molecule has 3 aromatic rings. The molecule has 146 valence electrons. The zero-order valence-corrected chi connectivity index (χ0v) is 15.3. The third-order valence-electron chi connectivity index (χ3n) is 3.56. The fourth-order valence-electron chi connectivity index (χ4n) is 2.22. The lowest BCUT2D eigenvalue weighted by atomic mass is 10.2. The summed E-state index contributed by atoms with van der Waals surface area (Å²) in [5.74, 6) is -0.844. The first-order chi connectivity index (χ1) is 14.0. The summed E-state index contributed by atoms with van der Waals surface area (Å²) in [7, 11) is 0. The summed E-state index contributed by atoms with van der Waals surface area (Å²) in [6, 6.07) is 13.8. The molecule has 0 saturated heterocycles. The van der Waals surface area contributed by atoms with Crippen LogP contribution in [0.1, 0.15) is 10.4 Å². The summed E-state index contributed by atoms with van der Waals surface area (Å²) in [4.78, 5) is 41.7. The van der Waals surface area contributed by atoms with Crippen molar-refractivity contribution in [3.63, 3.8) is 0 Å². The maximum atomic E-state index is 12.2. The summed E-state index contributed by atoms with van der Waals surface area (Å²) in [6.07, 6.45) is 1.14. The van der Waals surface area contributed by atoms with E-state index in [4.69, 9.17) is 0 Å². The van der Waals surface area contributed by atoms with Gasteiger partial charge < -0.3 is 0 Å². The van der Waals surface area contributed by atoms with Crippen molar-refractivity contribution in [3.05, 3.63) is 86.7 Å². The Morgan fingerprint density at radius 2 is 1.62 bits per heavy atom. The molecular weight excluding hydrogens is 400 g/mol. The zero-order valence-electron chi connectivity index (χ0n) is 14.5. The van der Waals surface area contributed by atoms with Crippen LogP contribution in [0.3, 0.4) is 0 Å². The minimum absolute atomic E-state index is 0.100. The minimum atomic E-state index is -0.648. The normalized spacial score (nSPS) is 10.2. The van der Waals surface area contributed by atoms with Crippen LogP contribution in [0.4, 0.5) is 17.2 Å². The fourth-order valence-corrected chi connectivity index (χ4v) is 3.10. The van der Waals surface area contributed by atoms with Gasteiger partial charge in [-0.05, 0) is 24.3 Å². The smallest absolute Gasteiger partial charge is 0.276 e. The molecule has 0 bridgehead atoms. The molecule has 1 aromatic heterocycles. The van der Waals surface area contributed by atoms with E-state index in [1.807, 2.05) is 6.07 Å². The molecule has 29 heavy (non-hydrogen) atoms. The number of nitro groups is 2. The maximum absolute atomic E-state index is 12.2. The van der Waals surface area contributed by atoms with Gasteiger partial charge in [-0.1, -0.05) is 30.0 Å². The van der Waals surface area contributed by atoms with Gasteiger partial charge in [0.15, 0.2) is 5.03 Å². The van der Waals surface area contributed by atoms with Crippen molar-refractivity contribution in [3.8, 4) is 0 Å². The van der Waals surface area contributed by atoms with Crippen LogP contribution >= 0.6 is 11.8 Å². The van der Waals surface area contributed by atoms with Gasteiger partial charge in [-0.2, -0.15) is 0 Å². The Balaban J connectivity index is 1.78. The Morgan fingerprint density at radius 3 is 2.24 bits per heavy atom. The van der Waals surface area contributed by atoms with E-state index in [0.717, 1.165) is 23.0 Å². The number of carbonyl (C=O) groups excluding carboxylic acids is 1. The van der Waals surface area contributed by atoms with E-state index < -0.39 is 21.4 Å². The Hall–Kier alpha value is -4.06. The lowest BCUT2D eigenvalue weighted by Gasteiger charge is -2.09. The monoisotopic (exact) mass is 412 g/mol. The first-order valence-corrected chi connectivity index (χ1v) is 8.80. The van der Waals surface area contributed by atoms with Crippen molar-refractivity contribution in [2.75, 3.05) is 5.43 Å². The van der Waals surface area contributed by atoms with Crippen LogP contribution in [-0.2, 0) is 0 Å². The van der Waals surface area contributed by atoms with Crippen molar-refractivity contribution in [1.82, 2.24) is 15.4 Å². The third-order valence-corrected chi connectivity index (χ3v) is 4.56. The van der Waals surface area contributed by atoms with Crippen LogP contribution in [-0.4, -0.2) is 25.7 Å². The predicted octanol–water partition coefficient (Wildman–Crippen LogP) is 3.20. The average Bonchev–Trinajstić information content (AvgIpc) is 2.72. The molecule has 0 atom stereocenters.